The van der Waals surface area contributed by atoms with Gasteiger partial charge in [0.2, 0.25) is 5.91 Å². The summed E-state index contributed by atoms with van der Waals surface area (Å²) in [5.74, 6) is -2.24. The van der Waals surface area contributed by atoms with E-state index in [2.05, 4.69) is 10.1 Å². The molecule has 0 fully saturated rings. The first-order chi connectivity index (χ1) is 11.2. The summed E-state index contributed by atoms with van der Waals surface area (Å²) >= 11 is 1.40. The molecule has 0 radical (unpaired) electrons. The van der Waals surface area contributed by atoms with Crippen LogP contribution in [0.2, 0.25) is 0 Å². The number of amides is 1. The molecule has 2 atom stereocenters. The van der Waals surface area contributed by atoms with E-state index in [9.17, 15) is 14.4 Å². The number of methoxy groups -OCH3 is 1. The van der Waals surface area contributed by atoms with Crippen LogP contribution in [0.5, 0.6) is 0 Å². The van der Waals surface area contributed by atoms with Crippen molar-refractivity contribution in [2.24, 2.45) is 5.73 Å². The molecule has 4 N–H and O–H groups in total. The highest BCUT2D eigenvalue weighted by Crippen LogP contribution is 2.22. The van der Waals surface area contributed by atoms with Gasteiger partial charge in [-0.05, 0) is 37.1 Å². The molecular formula is C16H22N2O5S. The number of carbonyl (C=O) groups excluding carboxylic acids is 2. The van der Waals surface area contributed by atoms with E-state index in [0.29, 0.717) is 0 Å². The average Bonchev–Trinajstić information content (AvgIpc) is 2.48. The van der Waals surface area contributed by atoms with Gasteiger partial charge in [-0.2, -0.15) is 0 Å². The fourth-order valence-corrected chi connectivity index (χ4v) is 3.18. The molecule has 0 aliphatic heterocycles. The Hall–Kier alpha value is -2.06. The molecular weight excluding hydrogens is 332 g/mol. The lowest BCUT2D eigenvalue weighted by atomic mass is 10.2. The van der Waals surface area contributed by atoms with Crippen molar-refractivity contribution in [3.63, 3.8) is 0 Å². The van der Waals surface area contributed by atoms with Crippen LogP contribution in [0.1, 0.15) is 17.5 Å². The van der Waals surface area contributed by atoms with Crippen LogP contribution in [-0.2, 0) is 19.1 Å². The maximum atomic E-state index is 11.9. The SMILES string of the molecule is COC(=O)[C@H](CSc1cc(C)cc(C)c1)NC(=O)[C@@H](N)CC(=O)O. The molecule has 0 spiro atoms. The van der Waals surface area contributed by atoms with Crippen LogP contribution in [-0.4, -0.2) is 47.9 Å². The molecule has 0 saturated heterocycles. The van der Waals surface area contributed by atoms with Gasteiger partial charge in [-0.3, -0.25) is 9.59 Å². The number of aliphatic carboxylic acids is 1. The first kappa shape index (κ1) is 20.0. The zero-order valence-electron chi connectivity index (χ0n) is 13.9. The Labute approximate surface area is 144 Å². The summed E-state index contributed by atoms with van der Waals surface area (Å²) in [4.78, 5) is 35.3. The molecule has 24 heavy (non-hydrogen) atoms. The zero-order chi connectivity index (χ0) is 18.3. The second kappa shape index (κ2) is 9.29. The number of carboxylic acid groups (broad SMARTS) is 1. The van der Waals surface area contributed by atoms with E-state index >= 15 is 0 Å². The Morgan fingerprint density at radius 2 is 1.83 bits per heavy atom. The minimum atomic E-state index is -1.22. The van der Waals surface area contributed by atoms with Gasteiger partial charge in [-0.15, -0.1) is 11.8 Å². The van der Waals surface area contributed by atoms with Gasteiger partial charge in [0.1, 0.15) is 6.04 Å². The van der Waals surface area contributed by atoms with E-state index in [4.69, 9.17) is 10.8 Å². The molecule has 0 aliphatic carbocycles. The summed E-state index contributed by atoms with van der Waals surface area (Å²) in [5, 5.41) is 11.1. The molecule has 7 nitrogen and oxygen atoms in total. The number of carboxylic acids is 1. The number of nitrogens with two attached hydrogens (primary N) is 1. The van der Waals surface area contributed by atoms with Gasteiger partial charge >= 0.3 is 11.9 Å². The minimum absolute atomic E-state index is 0.251. The zero-order valence-corrected chi connectivity index (χ0v) is 14.7. The van der Waals surface area contributed by atoms with E-state index in [1.165, 1.54) is 18.9 Å². The molecule has 0 aliphatic rings. The van der Waals surface area contributed by atoms with Crippen molar-refractivity contribution >= 4 is 29.6 Å². The van der Waals surface area contributed by atoms with Crippen molar-refractivity contribution < 1.29 is 24.2 Å². The maximum absolute atomic E-state index is 11.9. The van der Waals surface area contributed by atoms with E-state index in [1.54, 1.807) is 0 Å². The number of thioether (sulfide) groups is 1. The standard InChI is InChI=1S/C16H22N2O5S/c1-9-4-10(2)6-11(5-9)24-8-13(16(22)23-3)18-15(21)12(17)7-14(19)20/h4-6,12-13H,7-8,17H2,1-3H3,(H,18,21)(H,19,20)/t12-,13-/m0/s1. The Morgan fingerprint density at radius 3 is 2.33 bits per heavy atom. The molecule has 1 amide bonds. The summed E-state index contributed by atoms with van der Waals surface area (Å²) < 4.78 is 4.69. The summed E-state index contributed by atoms with van der Waals surface area (Å²) in [6.45, 7) is 3.95. The highest BCUT2D eigenvalue weighted by molar-refractivity contribution is 7.99. The topological polar surface area (TPSA) is 119 Å². The van der Waals surface area contributed by atoms with E-state index in [-0.39, 0.29) is 5.75 Å². The quantitative estimate of drug-likeness (QED) is 0.468. The van der Waals surface area contributed by atoms with Gasteiger partial charge in [0, 0.05) is 10.6 Å². The monoisotopic (exact) mass is 354 g/mol. The normalized spacial score (nSPS) is 13.0. The number of benzene rings is 1. The van der Waals surface area contributed by atoms with E-state index < -0.39 is 36.4 Å². The van der Waals surface area contributed by atoms with Gasteiger partial charge in [0.25, 0.3) is 0 Å². The first-order valence-electron chi connectivity index (χ1n) is 7.29. The summed E-state index contributed by atoms with van der Waals surface area (Å²) in [5.41, 5.74) is 7.70. The molecule has 1 aromatic rings. The fourth-order valence-electron chi connectivity index (χ4n) is 2.07. The molecule has 0 saturated carbocycles. The van der Waals surface area contributed by atoms with Crippen LogP contribution in [0.15, 0.2) is 23.1 Å². The molecule has 0 aromatic heterocycles. The third kappa shape index (κ3) is 6.59. The molecule has 1 rings (SSSR count). The smallest absolute Gasteiger partial charge is 0.329 e. The number of hydrogen-bond donors (Lipinski definition) is 3. The van der Waals surface area contributed by atoms with Crippen LogP contribution in [0, 0.1) is 13.8 Å². The highest BCUT2D eigenvalue weighted by atomic mass is 32.2. The number of aryl methyl sites for hydroxylation is 2. The fraction of sp³-hybridized carbons (Fsp3) is 0.438. The van der Waals surface area contributed by atoms with E-state index in [1.807, 2.05) is 32.0 Å². The summed E-state index contributed by atoms with van der Waals surface area (Å²) in [7, 11) is 1.22. The van der Waals surface area contributed by atoms with Crippen molar-refractivity contribution in [2.75, 3.05) is 12.9 Å². The van der Waals surface area contributed by atoms with Crippen molar-refractivity contribution in [2.45, 2.75) is 37.2 Å². The molecule has 0 unspecified atom stereocenters. The third-order valence-electron chi connectivity index (χ3n) is 3.15. The Bertz CT molecular complexity index is 600. The molecule has 0 bridgehead atoms. The number of esters is 1. The molecule has 8 heteroatoms. The van der Waals surface area contributed by atoms with E-state index in [0.717, 1.165) is 16.0 Å². The van der Waals surface area contributed by atoms with Crippen molar-refractivity contribution in [3.8, 4) is 0 Å². The molecule has 132 valence electrons. The summed E-state index contributed by atoms with van der Waals surface area (Å²) in [6, 6.07) is 3.86. The van der Waals surface area contributed by atoms with Crippen LogP contribution in [0.3, 0.4) is 0 Å². The van der Waals surface area contributed by atoms with Gasteiger partial charge in [-0.25, -0.2) is 4.79 Å². The Kier molecular flexibility index (Phi) is 7.73. The second-order valence-corrected chi connectivity index (χ2v) is 6.52. The van der Waals surface area contributed by atoms with Gasteiger partial charge in [0.15, 0.2) is 0 Å². The third-order valence-corrected chi connectivity index (χ3v) is 4.21. The average molecular weight is 354 g/mol. The van der Waals surface area contributed by atoms with Crippen LogP contribution < -0.4 is 11.1 Å². The number of carbonyl (C=O) groups is 3. The Morgan fingerprint density at radius 1 is 1.25 bits per heavy atom. The van der Waals surface area contributed by atoms with Crippen molar-refractivity contribution in [1.29, 1.82) is 0 Å². The van der Waals surface area contributed by atoms with Crippen LogP contribution >= 0.6 is 11.8 Å². The van der Waals surface area contributed by atoms with Gasteiger partial charge in [0.05, 0.1) is 19.6 Å². The predicted octanol–water partition coefficient (Wildman–Crippen LogP) is 0.855. The predicted molar refractivity (Wildman–Crippen MR) is 90.8 cm³/mol. The summed E-state index contributed by atoms with van der Waals surface area (Å²) in [6.07, 6.45) is -0.510. The number of hydrogen-bond acceptors (Lipinski definition) is 6. The van der Waals surface area contributed by atoms with Crippen molar-refractivity contribution in [1.82, 2.24) is 5.32 Å². The number of rotatable bonds is 8. The van der Waals surface area contributed by atoms with Crippen molar-refractivity contribution in [3.05, 3.63) is 29.3 Å². The maximum Gasteiger partial charge on any atom is 0.329 e. The van der Waals surface area contributed by atoms with Crippen LogP contribution in [0.4, 0.5) is 0 Å². The number of ether oxygens (including phenoxy) is 1. The van der Waals surface area contributed by atoms with Gasteiger partial charge in [-0.1, -0.05) is 6.07 Å². The Balaban J connectivity index is 2.73. The lowest BCUT2D eigenvalue weighted by molar-refractivity contribution is -0.144. The lowest BCUT2D eigenvalue weighted by Gasteiger charge is -2.18. The lowest BCUT2D eigenvalue weighted by Crippen LogP contribution is -2.50. The van der Waals surface area contributed by atoms with Gasteiger partial charge < -0.3 is 20.9 Å². The second-order valence-electron chi connectivity index (χ2n) is 5.42. The molecule has 0 heterocycles. The van der Waals surface area contributed by atoms with Crippen LogP contribution in [0.25, 0.3) is 0 Å². The minimum Gasteiger partial charge on any atom is -0.481 e. The number of nitrogens with one attached hydrogen (secondary N) is 1. The largest absolute Gasteiger partial charge is 0.481 e. The molecule has 1 aromatic carbocycles. The first-order valence-corrected chi connectivity index (χ1v) is 8.28. The highest BCUT2D eigenvalue weighted by Gasteiger charge is 2.25.